The van der Waals surface area contributed by atoms with Crippen LogP contribution in [0.3, 0.4) is 0 Å². The van der Waals surface area contributed by atoms with Gasteiger partial charge in [0.1, 0.15) is 0 Å². The molecule has 440 valence electrons. The van der Waals surface area contributed by atoms with Gasteiger partial charge in [-0.15, -0.1) is 87.5 Å². The molecule has 0 nitrogen and oxygen atoms in total. The first-order valence-electron chi connectivity index (χ1n) is 20.6. The van der Waals surface area contributed by atoms with Gasteiger partial charge in [0.05, 0.1) is 0 Å². The fraction of sp³-hybridized carbons (Fsp3) is 0.0667. The monoisotopic (exact) mass is 5040 g/mol. The molecule has 0 unspecified atom stereocenters. The molecule has 0 fully saturated rings. The van der Waals surface area contributed by atoms with E-state index in [-0.39, 0.29) is 1570 Å². The van der Waals surface area contributed by atoms with Crippen molar-refractivity contribution in [2.24, 2.45) is 0 Å². The van der Waals surface area contributed by atoms with Crippen molar-refractivity contribution in [1.82, 2.24) is 0 Å². The van der Waals surface area contributed by atoms with E-state index in [1.807, 2.05) is 0 Å². The molecule has 8 aromatic carbocycles. The maximum Gasteiger partial charge on any atom is 0 e. The normalized spacial score (nSPS) is 6.81. The number of benzene rings is 8. The molecule has 0 atom stereocenters. The molecule has 48 radical (unpaired) electrons. The van der Waals surface area contributed by atoms with Gasteiger partial charge in [0.2, 0.25) is 0 Å². The van der Waals surface area contributed by atoms with Crippen LogP contribution < -0.4 is 0 Å². The third kappa shape index (κ3) is 99.9. The largest absolute Gasteiger partial charge is 0.199 e. The van der Waals surface area contributed by atoms with E-state index in [4.69, 9.17) is 0 Å². The van der Waals surface area contributed by atoms with Crippen LogP contribution in [0, 0.1) is 55.4 Å². The smallest absolute Gasteiger partial charge is 0 e. The van der Waals surface area contributed by atoms with Crippen molar-refractivity contribution in [2.45, 2.75) is 25.7 Å². The summed E-state index contributed by atoms with van der Waals surface area (Å²) in [6, 6.07) is 51.0. The Kier molecular flexibility index (Phi) is 425. The molecule has 12 rings (SSSR count). The minimum Gasteiger partial charge on any atom is -0.199 e. The molecule has 4 aliphatic carbocycles. The molecule has 0 aliphatic heterocycles. The Bertz CT molecular complexity index is 3040. The second-order valence-electron chi connectivity index (χ2n) is 16.5. The van der Waals surface area contributed by atoms with Crippen LogP contribution in [0.15, 0.2) is 146 Å². The Labute approximate surface area is 1860 Å². The second-order valence-corrected chi connectivity index (χ2v) is 16.5. The van der Waals surface area contributed by atoms with E-state index in [9.17, 15) is 0 Å². The summed E-state index contributed by atoms with van der Waals surface area (Å²) in [6.45, 7) is 32.3. The standard InChI is InChI=1S/4C15H12.48Y/c1-10-5-4-8-13-14(10)9-12-7-3-6-11(2)15(12)13;1-10-4-6-14-13(7-10)9-12-5-3-11(2)8-15(12)14;1-10-6-7-12-9-14-11(2)4-3-5-13(14)15(12)8-10;1-10-6-7-12-9-13-5-3-4-11(2)15(13)14(12)8-10;;;;;;;;;;;;;;;;;;;;;;;;;;;;;;;;;;;;;;;;;;;;;;;;/h4*3-8H,1-2,9H2;;;;;;;;;;;;;;;;;;;;;;;;;;;;;;;;;;;;;;;;;;;;;;;;/q4*-2;;;;;;;;;;;;;;;;;;;;;;;;;;;;;;;;;;;;;;;;;;;;;;;;. The predicted molar refractivity (Wildman–Crippen MR) is 254 cm³/mol. The Morgan fingerprint density at radius 1 is 0.148 bits per heavy atom. The van der Waals surface area contributed by atoms with Crippen LogP contribution in [0.1, 0.15) is 89.0 Å². The van der Waals surface area contributed by atoms with Crippen molar-refractivity contribution in [1.29, 1.82) is 0 Å². The zero-order valence-corrected chi connectivity index (χ0v) is 198. The van der Waals surface area contributed by atoms with Crippen LogP contribution in [-0.2, 0) is 1600 Å². The fourth-order valence-corrected chi connectivity index (χ4v) is 9.38. The quantitative estimate of drug-likeness (QED) is 0.133. The van der Waals surface area contributed by atoms with Crippen LogP contribution in [0.2, 0.25) is 0 Å². The maximum atomic E-state index is 4.10. The van der Waals surface area contributed by atoms with E-state index in [0.717, 1.165) is 70.2 Å². The molecule has 4 aliphatic rings. The second kappa shape index (κ2) is 166. The van der Waals surface area contributed by atoms with Crippen molar-refractivity contribution in [2.75, 3.05) is 0 Å². The van der Waals surface area contributed by atoms with Crippen LogP contribution in [-0.4, -0.2) is 0 Å². The van der Waals surface area contributed by atoms with Gasteiger partial charge in [-0.25, -0.2) is 0 Å². The zero-order chi connectivity index (χ0) is 41.7. The Hall–Kier alpha value is 45.7. The van der Waals surface area contributed by atoms with Crippen LogP contribution in [0.25, 0.3) is 44.5 Å². The Balaban J connectivity index is -0.0000000131. The van der Waals surface area contributed by atoms with Gasteiger partial charge in [-0.2, -0.15) is 173 Å². The summed E-state index contributed by atoms with van der Waals surface area (Å²) in [5.41, 5.74) is 30.6. The topological polar surface area (TPSA) is 0 Å². The average Bonchev–Trinajstić information content (AvgIpc) is 4.00. The van der Waals surface area contributed by atoms with Crippen molar-refractivity contribution < 1.29 is 1570 Å². The van der Waals surface area contributed by atoms with E-state index in [1.165, 1.54) is 89.0 Å². The third-order valence-electron chi connectivity index (χ3n) is 12.3. The van der Waals surface area contributed by atoms with E-state index in [2.05, 4.69) is 201 Å². The van der Waals surface area contributed by atoms with Gasteiger partial charge in [-0.3, -0.25) is 0 Å². The minimum atomic E-state index is 0. The van der Waals surface area contributed by atoms with Crippen LogP contribution in [0.5, 0.6) is 0 Å². The fourth-order valence-electron chi connectivity index (χ4n) is 9.38. The minimum absolute atomic E-state index is 0. The van der Waals surface area contributed by atoms with E-state index in [0.29, 0.717) is 0 Å². The Morgan fingerprint density at radius 3 is 0.722 bits per heavy atom. The Morgan fingerprint density at radius 2 is 0.370 bits per heavy atom. The first-order valence-corrected chi connectivity index (χ1v) is 20.6. The SMILES string of the molecule is [CH2-]c1ccc2c(c1)-c1c([CH2-])cccc1C2.[CH2-]c1ccc2c(c1)-c1cccc([CH2-])c1C2.[CH2-]c1ccc2c(c1)Cc1ccc([CH2-])cc1-2.[CH2-]c1cccc2c1Cc1cccc([CH2-])c1-2.[Y].[Y].[Y].[Y].[Y].[Y].[Y].[Y].[Y].[Y].[Y].[Y].[Y].[Y].[Y].[Y].[Y].[Y].[Y].[Y].[Y].[Y].[Y].[Y].[Y].[Y].[Y].[Y].[Y].[Y].[Y].[Y].[Y].[Y].[Y].[Y].[Y].[Y].[Y].[Y].[Y].[Y].[Y].[Y].[Y].[Y].[Y].[Y]. The molecule has 0 saturated carbocycles. The van der Waals surface area contributed by atoms with Crippen molar-refractivity contribution >= 4 is 0 Å². The molecule has 48 heteroatoms. The summed E-state index contributed by atoms with van der Waals surface area (Å²) in [5, 5.41) is 0. The molecule has 108 heavy (non-hydrogen) atoms. The first kappa shape index (κ1) is 277. The molecule has 0 heterocycles. The third-order valence-corrected chi connectivity index (χ3v) is 12.3. The maximum absolute atomic E-state index is 4.10. The molecule has 0 saturated heterocycles. The average molecular weight is 5040 g/mol. The van der Waals surface area contributed by atoms with Gasteiger partial charge >= 0.3 is 0 Å². The van der Waals surface area contributed by atoms with Crippen LogP contribution >= 0.6 is 0 Å². The summed E-state index contributed by atoms with van der Waals surface area (Å²) in [5.74, 6) is 0. The van der Waals surface area contributed by atoms with Crippen molar-refractivity contribution in [3.05, 3.63) is 290 Å². The summed E-state index contributed by atoms with van der Waals surface area (Å²) >= 11 is 0. The number of rotatable bonds is 0. The van der Waals surface area contributed by atoms with Gasteiger partial charge in [0, 0.05) is 1570 Å². The molecular formula is C60H48Y48-8. The van der Waals surface area contributed by atoms with E-state index >= 15 is 0 Å². The number of hydrogen-bond acceptors (Lipinski definition) is 0. The molecule has 0 amide bonds. The van der Waals surface area contributed by atoms with Crippen molar-refractivity contribution in [3.8, 4) is 44.5 Å². The molecule has 8 aromatic rings. The number of fused-ring (bicyclic) bond motifs is 12. The molecule has 0 aromatic heterocycles. The summed E-state index contributed by atoms with van der Waals surface area (Å²) < 4.78 is 0. The zero-order valence-electron chi connectivity index (χ0n) is 62.1. The van der Waals surface area contributed by atoms with Gasteiger partial charge in [-0.1, -0.05) is 80.8 Å². The van der Waals surface area contributed by atoms with Crippen LogP contribution in [0.4, 0.5) is 0 Å². The van der Waals surface area contributed by atoms with Gasteiger partial charge < -0.3 is 0 Å². The molecular weight excluding hydrogens is 4990 g/mol. The van der Waals surface area contributed by atoms with E-state index < -0.39 is 0 Å². The molecule has 0 bridgehead atoms. The van der Waals surface area contributed by atoms with Crippen molar-refractivity contribution in [3.63, 3.8) is 0 Å². The molecule has 0 spiro atoms. The predicted octanol–water partition coefficient (Wildman–Crippen LogP) is 14.4. The summed E-state index contributed by atoms with van der Waals surface area (Å²) in [6.07, 6.45) is 4.10. The molecule has 0 N–H and O–H groups in total. The summed E-state index contributed by atoms with van der Waals surface area (Å²) in [7, 11) is 0. The van der Waals surface area contributed by atoms with Gasteiger partial charge in [0.15, 0.2) is 0 Å². The van der Waals surface area contributed by atoms with Gasteiger partial charge in [-0.05, 0) is 19.3 Å². The van der Waals surface area contributed by atoms with E-state index in [1.54, 1.807) is 0 Å². The van der Waals surface area contributed by atoms with Gasteiger partial charge in [0.25, 0.3) is 0 Å². The summed E-state index contributed by atoms with van der Waals surface area (Å²) in [4.78, 5) is 0. The number of hydrogen-bond donors (Lipinski definition) is 0. The first-order chi connectivity index (χ1) is 29.0.